The molecule has 0 aliphatic rings. The van der Waals surface area contributed by atoms with Crippen LogP contribution in [0.5, 0.6) is 0 Å². The highest BCUT2D eigenvalue weighted by Crippen LogP contribution is 2.20. The highest BCUT2D eigenvalue weighted by molar-refractivity contribution is 6.33. The fraction of sp³-hybridized carbons (Fsp3) is 0.300. The minimum atomic E-state index is -0.268. The predicted molar refractivity (Wildman–Crippen MR) is 102 cm³/mol. The van der Waals surface area contributed by atoms with Crippen molar-refractivity contribution < 1.29 is 9.59 Å². The zero-order chi connectivity index (χ0) is 18.4. The topological polar surface area (TPSA) is 49.4 Å². The molecule has 132 valence electrons. The quantitative estimate of drug-likeness (QED) is 0.848. The van der Waals surface area contributed by atoms with E-state index in [4.69, 9.17) is 11.6 Å². The summed E-state index contributed by atoms with van der Waals surface area (Å²) in [5.74, 6) is -0.329. The van der Waals surface area contributed by atoms with E-state index in [-0.39, 0.29) is 18.4 Å². The van der Waals surface area contributed by atoms with Gasteiger partial charge in [-0.3, -0.25) is 9.59 Å². The molecular formula is C20H23ClN2O2. The SMILES string of the molecule is Cc1ccc(CCC(=O)N(C)CC(=O)Nc2ccccc2Cl)c(C)c1. The molecule has 0 saturated heterocycles. The second-order valence-corrected chi connectivity index (χ2v) is 6.61. The van der Waals surface area contributed by atoms with Crippen molar-refractivity contribution in [3.05, 3.63) is 64.2 Å². The summed E-state index contributed by atoms with van der Waals surface area (Å²) in [6, 6.07) is 13.2. The van der Waals surface area contributed by atoms with Crippen LogP contribution in [0.2, 0.25) is 5.02 Å². The molecule has 0 saturated carbocycles. The van der Waals surface area contributed by atoms with Gasteiger partial charge in [-0.15, -0.1) is 0 Å². The van der Waals surface area contributed by atoms with E-state index in [0.717, 1.165) is 5.56 Å². The third-order valence-electron chi connectivity index (χ3n) is 4.06. The van der Waals surface area contributed by atoms with Crippen LogP contribution >= 0.6 is 11.6 Å². The molecule has 2 rings (SSSR count). The lowest BCUT2D eigenvalue weighted by Crippen LogP contribution is -2.35. The fourth-order valence-corrected chi connectivity index (χ4v) is 2.80. The molecule has 0 radical (unpaired) electrons. The number of carbonyl (C=O) groups excluding carboxylic acids is 2. The molecule has 1 N–H and O–H groups in total. The van der Waals surface area contributed by atoms with Gasteiger partial charge in [-0.1, -0.05) is 47.5 Å². The van der Waals surface area contributed by atoms with Crippen molar-refractivity contribution in [2.24, 2.45) is 0 Å². The minimum Gasteiger partial charge on any atom is -0.336 e. The van der Waals surface area contributed by atoms with Crippen LogP contribution in [0.1, 0.15) is 23.1 Å². The van der Waals surface area contributed by atoms with Crippen LogP contribution in [0.3, 0.4) is 0 Å². The van der Waals surface area contributed by atoms with Gasteiger partial charge in [-0.2, -0.15) is 0 Å². The normalized spacial score (nSPS) is 10.4. The van der Waals surface area contributed by atoms with E-state index in [2.05, 4.69) is 17.4 Å². The van der Waals surface area contributed by atoms with Crippen LogP contribution in [-0.2, 0) is 16.0 Å². The van der Waals surface area contributed by atoms with Crippen molar-refractivity contribution in [2.45, 2.75) is 26.7 Å². The molecule has 0 aromatic heterocycles. The number of aryl methyl sites for hydroxylation is 3. The zero-order valence-electron chi connectivity index (χ0n) is 14.8. The summed E-state index contributed by atoms with van der Waals surface area (Å²) in [5, 5.41) is 3.19. The van der Waals surface area contributed by atoms with E-state index in [1.54, 1.807) is 31.3 Å². The zero-order valence-corrected chi connectivity index (χ0v) is 15.6. The number of carbonyl (C=O) groups is 2. The van der Waals surface area contributed by atoms with Gasteiger partial charge in [0.2, 0.25) is 11.8 Å². The summed E-state index contributed by atoms with van der Waals surface area (Å²) in [7, 11) is 1.64. The molecule has 0 spiro atoms. The molecule has 4 nitrogen and oxygen atoms in total. The first-order valence-electron chi connectivity index (χ1n) is 8.21. The Morgan fingerprint density at radius 2 is 1.84 bits per heavy atom. The summed E-state index contributed by atoms with van der Waals surface area (Å²) in [5.41, 5.74) is 4.10. The number of para-hydroxylation sites is 1. The molecule has 2 aromatic carbocycles. The molecule has 0 bridgehead atoms. The van der Waals surface area contributed by atoms with Gasteiger partial charge in [0.05, 0.1) is 17.3 Å². The summed E-state index contributed by atoms with van der Waals surface area (Å²) in [4.78, 5) is 25.8. The number of rotatable bonds is 6. The van der Waals surface area contributed by atoms with E-state index in [1.165, 1.54) is 16.0 Å². The molecule has 25 heavy (non-hydrogen) atoms. The molecule has 0 fully saturated rings. The number of halogens is 1. The number of amides is 2. The summed E-state index contributed by atoms with van der Waals surface area (Å²) in [6.45, 7) is 4.10. The molecule has 0 atom stereocenters. The Balaban J connectivity index is 1.85. The average Bonchev–Trinajstić information content (AvgIpc) is 2.55. The van der Waals surface area contributed by atoms with E-state index in [1.807, 2.05) is 19.9 Å². The third-order valence-corrected chi connectivity index (χ3v) is 4.39. The molecule has 0 aliphatic carbocycles. The van der Waals surface area contributed by atoms with Crippen molar-refractivity contribution in [3.63, 3.8) is 0 Å². The lowest BCUT2D eigenvalue weighted by atomic mass is 10.0. The van der Waals surface area contributed by atoms with Crippen molar-refractivity contribution >= 4 is 29.1 Å². The number of nitrogens with one attached hydrogen (secondary N) is 1. The van der Waals surface area contributed by atoms with E-state index < -0.39 is 0 Å². The molecule has 0 heterocycles. The summed E-state index contributed by atoms with van der Waals surface area (Å²) in [6.07, 6.45) is 1.04. The Bertz CT molecular complexity index is 774. The van der Waals surface area contributed by atoms with E-state index in [0.29, 0.717) is 23.6 Å². The second kappa shape index (κ2) is 8.67. The standard InChI is InChI=1S/C20H23ClN2O2/c1-14-8-9-16(15(2)12-14)10-11-20(25)23(3)13-19(24)22-18-7-5-4-6-17(18)21/h4-9,12H,10-11,13H2,1-3H3,(H,22,24). The molecular weight excluding hydrogens is 336 g/mol. The first-order chi connectivity index (χ1) is 11.9. The van der Waals surface area contributed by atoms with Crippen molar-refractivity contribution in [3.8, 4) is 0 Å². The predicted octanol–water partition coefficient (Wildman–Crippen LogP) is 3.99. The van der Waals surface area contributed by atoms with Gasteiger partial charge in [0, 0.05) is 13.5 Å². The van der Waals surface area contributed by atoms with E-state index in [9.17, 15) is 9.59 Å². The Morgan fingerprint density at radius 1 is 1.12 bits per heavy atom. The lowest BCUT2D eigenvalue weighted by Gasteiger charge is -2.17. The Kier molecular flexibility index (Phi) is 6.59. The van der Waals surface area contributed by atoms with Gasteiger partial charge < -0.3 is 10.2 Å². The van der Waals surface area contributed by atoms with Gasteiger partial charge in [0.15, 0.2) is 0 Å². The van der Waals surface area contributed by atoms with Crippen LogP contribution in [-0.4, -0.2) is 30.3 Å². The number of anilines is 1. The van der Waals surface area contributed by atoms with Crippen LogP contribution in [0.4, 0.5) is 5.69 Å². The maximum atomic E-state index is 12.3. The largest absolute Gasteiger partial charge is 0.336 e. The molecule has 2 aromatic rings. The minimum absolute atomic E-state index is 0.00304. The first-order valence-corrected chi connectivity index (χ1v) is 8.59. The van der Waals surface area contributed by atoms with Crippen molar-refractivity contribution in [2.75, 3.05) is 18.9 Å². The highest BCUT2D eigenvalue weighted by Gasteiger charge is 2.14. The Labute approximate surface area is 153 Å². The van der Waals surface area contributed by atoms with Gasteiger partial charge in [-0.25, -0.2) is 0 Å². The van der Waals surface area contributed by atoms with Gasteiger partial charge in [-0.05, 0) is 43.5 Å². The Hall–Kier alpha value is -2.33. The maximum Gasteiger partial charge on any atom is 0.244 e. The number of likely N-dealkylation sites (N-methyl/N-ethyl adjacent to an activating group) is 1. The molecule has 5 heteroatoms. The smallest absolute Gasteiger partial charge is 0.244 e. The number of nitrogens with zero attached hydrogens (tertiary/aromatic N) is 1. The molecule has 2 amide bonds. The van der Waals surface area contributed by atoms with Crippen molar-refractivity contribution in [1.82, 2.24) is 4.90 Å². The average molecular weight is 359 g/mol. The third kappa shape index (κ3) is 5.61. The number of benzene rings is 2. The van der Waals surface area contributed by atoms with Crippen LogP contribution in [0.25, 0.3) is 0 Å². The number of hydrogen-bond acceptors (Lipinski definition) is 2. The van der Waals surface area contributed by atoms with Crippen LogP contribution in [0.15, 0.2) is 42.5 Å². The fourth-order valence-electron chi connectivity index (χ4n) is 2.61. The Morgan fingerprint density at radius 3 is 2.52 bits per heavy atom. The highest BCUT2D eigenvalue weighted by atomic mass is 35.5. The molecule has 0 aliphatic heterocycles. The monoisotopic (exact) mass is 358 g/mol. The van der Waals surface area contributed by atoms with Crippen LogP contribution in [0, 0.1) is 13.8 Å². The van der Waals surface area contributed by atoms with E-state index >= 15 is 0 Å². The van der Waals surface area contributed by atoms with Crippen molar-refractivity contribution in [1.29, 1.82) is 0 Å². The van der Waals surface area contributed by atoms with Gasteiger partial charge >= 0.3 is 0 Å². The first kappa shape index (κ1) is 19.0. The molecule has 0 unspecified atom stereocenters. The maximum absolute atomic E-state index is 12.3. The van der Waals surface area contributed by atoms with Gasteiger partial charge in [0.1, 0.15) is 0 Å². The van der Waals surface area contributed by atoms with Crippen LogP contribution < -0.4 is 5.32 Å². The lowest BCUT2D eigenvalue weighted by molar-refractivity contribution is -0.133. The van der Waals surface area contributed by atoms with Gasteiger partial charge in [0.25, 0.3) is 0 Å². The summed E-state index contributed by atoms with van der Waals surface area (Å²) >= 11 is 6.02. The second-order valence-electron chi connectivity index (χ2n) is 6.21. The number of hydrogen-bond donors (Lipinski definition) is 1. The summed E-state index contributed by atoms with van der Waals surface area (Å²) < 4.78 is 0.